The molecule has 0 aliphatic carbocycles. The van der Waals surface area contributed by atoms with E-state index >= 15 is 0 Å². The number of carbonyl (C=O) groups is 2. The maximum absolute atomic E-state index is 12.1. The van der Waals surface area contributed by atoms with Gasteiger partial charge < -0.3 is 9.84 Å². The molecule has 1 atom stereocenters. The van der Waals surface area contributed by atoms with Crippen molar-refractivity contribution in [2.75, 3.05) is 0 Å². The second-order valence-corrected chi connectivity index (χ2v) is 6.14. The molecule has 3 rings (SSSR count). The van der Waals surface area contributed by atoms with E-state index in [1.165, 1.54) is 24.3 Å². The van der Waals surface area contributed by atoms with Gasteiger partial charge in [-0.25, -0.2) is 0 Å². The summed E-state index contributed by atoms with van der Waals surface area (Å²) in [6.45, 7) is 1.59. The van der Waals surface area contributed by atoms with Gasteiger partial charge in [0.15, 0.2) is 6.10 Å². The predicted octanol–water partition coefficient (Wildman–Crippen LogP) is 3.29. The quantitative estimate of drug-likeness (QED) is 0.596. The first-order valence-corrected chi connectivity index (χ1v) is 8.74. The zero-order valence-corrected chi connectivity index (χ0v) is 15.3. The van der Waals surface area contributed by atoms with Crippen LogP contribution in [-0.4, -0.2) is 23.0 Å². The Labute approximate surface area is 162 Å². The number of rotatable bonds is 5. The van der Waals surface area contributed by atoms with E-state index in [0.717, 1.165) is 11.1 Å². The largest absolute Gasteiger partial charge is 0.508 e. The van der Waals surface area contributed by atoms with E-state index in [0.29, 0.717) is 11.3 Å². The van der Waals surface area contributed by atoms with Gasteiger partial charge in [0.25, 0.3) is 11.8 Å². The lowest BCUT2D eigenvalue weighted by molar-refractivity contribution is -0.128. The summed E-state index contributed by atoms with van der Waals surface area (Å²) in [5.41, 5.74) is 7.09. The summed E-state index contributed by atoms with van der Waals surface area (Å²) >= 11 is 0. The van der Waals surface area contributed by atoms with Crippen LogP contribution in [0.15, 0.2) is 78.9 Å². The lowest BCUT2D eigenvalue weighted by Crippen LogP contribution is -2.47. The molecule has 0 heterocycles. The second-order valence-electron chi connectivity index (χ2n) is 6.14. The van der Waals surface area contributed by atoms with Crippen molar-refractivity contribution in [2.24, 2.45) is 0 Å². The normalized spacial score (nSPS) is 11.3. The number of benzene rings is 3. The lowest BCUT2D eigenvalue weighted by Gasteiger charge is -2.15. The third-order valence-electron chi connectivity index (χ3n) is 4.07. The molecule has 0 aliphatic rings. The van der Waals surface area contributed by atoms with Gasteiger partial charge in [0, 0.05) is 5.56 Å². The second kappa shape index (κ2) is 8.73. The zero-order valence-electron chi connectivity index (χ0n) is 15.3. The molecule has 142 valence electrons. The molecule has 3 aromatic carbocycles. The SMILES string of the molecule is CC(Oc1ccc(-c2ccccc2)cc1)C(=O)NNC(=O)c1ccc(O)cc1. The number of phenolic OH excluding ortho intramolecular Hbond substituents is 1. The molecule has 3 N–H and O–H groups in total. The van der Waals surface area contributed by atoms with Crippen LogP contribution in [0.4, 0.5) is 0 Å². The summed E-state index contributed by atoms with van der Waals surface area (Å²) in [6.07, 6.45) is -0.803. The third-order valence-corrected chi connectivity index (χ3v) is 4.07. The molecule has 28 heavy (non-hydrogen) atoms. The molecule has 1 unspecified atom stereocenters. The van der Waals surface area contributed by atoms with Crippen LogP contribution in [-0.2, 0) is 4.79 Å². The highest BCUT2D eigenvalue weighted by molar-refractivity contribution is 5.95. The number of phenols is 1. The molecular formula is C22H20N2O4. The van der Waals surface area contributed by atoms with Crippen molar-refractivity contribution in [3.8, 4) is 22.6 Å². The van der Waals surface area contributed by atoms with Crippen LogP contribution in [0, 0.1) is 0 Å². The first-order valence-electron chi connectivity index (χ1n) is 8.74. The highest BCUT2D eigenvalue weighted by Crippen LogP contribution is 2.22. The molecule has 6 heteroatoms. The van der Waals surface area contributed by atoms with Gasteiger partial charge in [-0.05, 0) is 54.4 Å². The van der Waals surface area contributed by atoms with E-state index in [1.807, 2.05) is 42.5 Å². The van der Waals surface area contributed by atoms with Gasteiger partial charge in [-0.15, -0.1) is 0 Å². The Kier molecular flexibility index (Phi) is 5.91. The Hall–Kier alpha value is -3.80. The Morgan fingerprint density at radius 3 is 2.07 bits per heavy atom. The number of amides is 2. The van der Waals surface area contributed by atoms with E-state index in [4.69, 9.17) is 4.74 Å². The fraction of sp³-hybridized carbons (Fsp3) is 0.0909. The maximum Gasteiger partial charge on any atom is 0.279 e. The Balaban J connectivity index is 1.52. The van der Waals surface area contributed by atoms with E-state index in [2.05, 4.69) is 10.9 Å². The first-order chi connectivity index (χ1) is 13.5. The van der Waals surface area contributed by atoms with Gasteiger partial charge in [-0.1, -0.05) is 42.5 Å². The molecule has 0 saturated carbocycles. The molecule has 0 radical (unpaired) electrons. The molecule has 0 aromatic heterocycles. The van der Waals surface area contributed by atoms with E-state index < -0.39 is 17.9 Å². The Morgan fingerprint density at radius 1 is 0.821 bits per heavy atom. The van der Waals surface area contributed by atoms with Crippen molar-refractivity contribution < 1.29 is 19.4 Å². The standard InChI is InChI=1S/C22H20N2O4/c1-15(21(26)23-24-22(27)18-7-11-19(25)12-8-18)28-20-13-9-17(10-14-20)16-5-3-2-4-6-16/h2-15,25H,1H3,(H,23,26)(H,24,27). The monoisotopic (exact) mass is 376 g/mol. The Bertz CT molecular complexity index is 939. The lowest BCUT2D eigenvalue weighted by atomic mass is 10.1. The highest BCUT2D eigenvalue weighted by atomic mass is 16.5. The number of ether oxygens (including phenoxy) is 1. The fourth-order valence-corrected chi connectivity index (χ4v) is 2.52. The zero-order chi connectivity index (χ0) is 19.9. The van der Waals surface area contributed by atoms with E-state index in [1.54, 1.807) is 19.1 Å². The van der Waals surface area contributed by atoms with Crippen LogP contribution in [0.25, 0.3) is 11.1 Å². The van der Waals surface area contributed by atoms with Gasteiger partial charge in [0.1, 0.15) is 11.5 Å². The number of hydrogen-bond donors (Lipinski definition) is 3. The summed E-state index contributed by atoms with van der Waals surface area (Å²) in [7, 11) is 0. The molecule has 0 fully saturated rings. The number of hydrogen-bond acceptors (Lipinski definition) is 4. The maximum atomic E-state index is 12.1. The van der Waals surface area contributed by atoms with Crippen LogP contribution >= 0.6 is 0 Å². The van der Waals surface area contributed by atoms with Crippen molar-refractivity contribution in [3.05, 3.63) is 84.4 Å². The molecule has 6 nitrogen and oxygen atoms in total. The van der Waals surface area contributed by atoms with Crippen LogP contribution in [0.1, 0.15) is 17.3 Å². The number of aromatic hydroxyl groups is 1. The van der Waals surface area contributed by atoms with Gasteiger partial charge >= 0.3 is 0 Å². The smallest absolute Gasteiger partial charge is 0.279 e. The fourth-order valence-electron chi connectivity index (χ4n) is 2.52. The summed E-state index contributed by atoms with van der Waals surface area (Å²) in [5, 5.41) is 9.23. The highest BCUT2D eigenvalue weighted by Gasteiger charge is 2.16. The van der Waals surface area contributed by atoms with Gasteiger partial charge in [0.2, 0.25) is 0 Å². The molecule has 3 aromatic rings. The minimum absolute atomic E-state index is 0.0564. The van der Waals surface area contributed by atoms with Crippen LogP contribution < -0.4 is 15.6 Å². The molecule has 0 saturated heterocycles. The predicted molar refractivity (Wildman–Crippen MR) is 106 cm³/mol. The van der Waals surface area contributed by atoms with E-state index in [9.17, 15) is 14.7 Å². The van der Waals surface area contributed by atoms with Crippen LogP contribution in [0.2, 0.25) is 0 Å². The minimum atomic E-state index is -0.803. The molecule has 0 aliphatic heterocycles. The number of hydrazine groups is 1. The van der Waals surface area contributed by atoms with Gasteiger partial charge in [-0.3, -0.25) is 20.4 Å². The molecular weight excluding hydrogens is 356 g/mol. The molecule has 0 spiro atoms. The van der Waals surface area contributed by atoms with Crippen molar-refractivity contribution in [2.45, 2.75) is 13.0 Å². The summed E-state index contributed by atoms with van der Waals surface area (Å²) < 4.78 is 5.62. The minimum Gasteiger partial charge on any atom is -0.508 e. The van der Waals surface area contributed by atoms with Crippen LogP contribution in [0.3, 0.4) is 0 Å². The first kappa shape index (κ1) is 19.0. The van der Waals surface area contributed by atoms with Crippen LogP contribution in [0.5, 0.6) is 11.5 Å². The van der Waals surface area contributed by atoms with Crippen molar-refractivity contribution >= 4 is 11.8 Å². The molecule has 0 bridgehead atoms. The average molecular weight is 376 g/mol. The Morgan fingerprint density at radius 2 is 1.43 bits per heavy atom. The van der Waals surface area contributed by atoms with E-state index in [-0.39, 0.29) is 5.75 Å². The summed E-state index contributed by atoms with van der Waals surface area (Å²) in [6, 6.07) is 23.0. The third kappa shape index (κ3) is 4.88. The van der Waals surface area contributed by atoms with Gasteiger partial charge in [0.05, 0.1) is 0 Å². The number of carbonyl (C=O) groups excluding carboxylic acids is 2. The average Bonchev–Trinajstić information content (AvgIpc) is 2.73. The van der Waals surface area contributed by atoms with Crippen molar-refractivity contribution in [1.29, 1.82) is 0 Å². The summed E-state index contributed by atoms with van der Waals surface area (Å²) in [5.74, 6) is -0.375. The van der Waals surface area contributed by atoms with Crippen molar-refractivity contribution in [1.82, 2.24) is 10.9 Å². The topological polar surface area (TPSA) is 87.7 Å². The molecule has 2 amide bonds. The summed E-state index contributed by atoms with van der Waals surface area (Å²) in [4.78, 5) is 24.1. The van der Waals surface area contributed by atoms with Crippen molar-refractivity contribution in [3.63, 3.8) is 0 Å². The van der Waals surface area contributed by atoms with Gasteiger partial charge in [-0.2, -0.15) is 0 Å². The number of nitrogens with one attached hydrogen (secondary N) is 2.